The average molecular weight is 560 g/mol. The summed E-state index contributed by atoms with van der Waals surface area (Å²) in [6.45, 7) is 3.53. The first kappa shape index (κ1) is 29.1. The van der Waals surface area contributed by atoms with Crippen LogP contribution in [-0.2, 0) is 26.2 Å². The lowest BCUT2D eigenvalue weighted by atomic mass is 10.1. The number of anilines is 1. The van der Waals surface area contributed by atoms with Crippen molar-refractivity contribution in [2.45, 2.75) is 44.2 Å². The largest absolute Gasteiger partial charge is 0.354 e. The molecule has 0 aliphatic carbocycles. The molecule has 0 spiro atoms. The second-order valence-corrected chi connectivity index (χ2v) is 10.9. The fourth-order valence-corrected chi connectivity index (χ4v) is 5.58. The highest BCUT2D eigenvalue weighted by molar-refractivity contribution is 7.92. The third kappa shape index (κ3) is 7.11. The maximum atomic E-state index is 13.9. The van der Waals surface area contributed by atoms with Gasteiger partial charge in [0.05, 0.1) is 10.6 Å². The van der Waals surface area contributed by atoms with Crippen LogP contribution >= 0.6 is 11.6 Å². The molecule has 0 radical (unpaired) electrons. The van der Waals surface area contributed by atoms with Crippen LogP contribution in [0, 0.1) is 5.82 Å². The van der Waals surface area contributed by atoms with Gasteiger partial charge in [0.15, 0.2) is 0 Å². The molecule has 38 heavy (non-hydrogen) atoms. The minimum Gasteiger partial charge on any atom is -0.354 e. The molecule has 0 fully saturated rings. The highest BCUT2D eigenvalue weighted by Crippen LogP contribution is 2.26. The summed E-state index contributed by atoms with van der Waals surface area (Å²) in [6.07, 6.45) is 1.02. The third-order valence-corrected chi connectivity index (χ3v) is 8.12. The van der Waals surface area contributed by atoms with Crippen molar-refractivity contribution in [2.75, 3.05) is 17.4 Å². The van der Waals surface area contributed by atoms with E-state index in [1.165, 1.54) is 29.2 Å². The zero-order chi connectivity index (χ0) is 27.7. The topological polar surface area (TPSA) is 86.8 Å². The lowest BCUT2D eigenvalue weighted by Crippen LogP contribution is -2.52. The molecule has 0 aliphatic rings. The molecule has 3 aromatic carbocycles. The number of hydrogen-bond acceptors (Lipinski definition) is 4. The minimum absolute atomic E-state index is 0.000793. The first-order chi connectivity index (χ1) is 18.2. The molecular formula is C28H31ClFN3O4S. The fourth-order valence-electron chi connectivity index (χ4n) is 3.95. The van der Waals surface area contributed by atoms with E-state index < -0.39 is 34.3 Å². The van der Waals surface area contributed by atoms with Gasteiger partial charge in [-0.1, -0.05) is 61.8 Å². The first-order valence-electron chi connectivity index (χ1n) is 12.3. The number of amides is 2. The van der Waals surface area contributed by atoms with Gasteiger partial charge in [0.25, 0.3) is 10.0 Å². The van der Waals surface area contributed by atoms with E-state index in [2.05, 4.69) is 5.32 Å². The van der Waals surface area contributed by atoms with E-state index in [4.69, 9.17) is 11.6 Å². The van der Waals surface area contributed by atoms with Crippen molar-refractivity contribution in [1.82, 2.24) is 10.2 Å². The molecule has 1 unspecified atom stereocenters. The standard InChI is InChI=1S/C28H31ClFN3O4S/c1-3-18-31-28(35)26(4-2)32(19-21-10-8-9-13-25(21)29)27(34)20-33(23-16-14-22(30)15-17-23)38(36,37)24-11-6-5-7-12-24/h5-17,26H,3-4,18-20H2,1-2H3,(H,31,35). The number of hydrogen-bond donors (Lipinski definition) is 1. The Bertz CT molecular complexity index is 1340. The highest BCUT2D eigenvalue weighted by atomic mass is 35.5. The van der Waals surface area contributed by atoms with Gasteiger partial charge in [0, 0.05) is 18.1 Å². The molecule has 10 heteroatoms. The maximum absolute atomic E-state index is 13.9. The molecule has 0 saturated heterocycles. The molecule has 3 rings (SSSR count). The minimum atomic E-state index is -4.21. The van der Waals surface area contributed by atoms with Crippen LogP contribution in [0.3, 0.4) is 0 Å². The van der Waals surface area contributed by atoms with E-state index in [1.54, 1.807) is 49.4 Å². The predicted molar refractivity (Wildman–Crippen MR) is 147 cm³/mol. The lowest BCUT2D eigenvalue weighted by molar-refractivity contribution is -0.140. The van der Waals surface area contributed by atoms with E-state index in [9.17, 15) is 22.4 Å². The van der Waals surface area contributed by atoms with E-state index in [0.29, 0.717) is 30.0 Å². The Morgan fingerprint density at radius 1 is 0.947 bits per heavy atom. The third-order valence-electron chi connectivity index (χ3n) is 5.96. The van der Waals surface area contributed by atoms with E-state index in [-0.39, 0.29) is 23.0 Å². The number of nitrogens with one attached hydrogen (secondary N) is 1. The molecule has 0 aromatic heterocycles. The molecule has 1 N–H and O–H groups in total. The van der Waals surface area contributed by atoms with Gasteiger partial charge in [0.2, 0.25) is 11.8 Å². The molecule has 2 amide bonds. The van der Waals surface area contributed by atoms with Gasteiger partial charge < -0.3 is 10.2 Å². The van der Waals surface area contributed by atoms with Crippen molar-refractivity contribution in [3.63, 3.8) is 0 Å². The molecule has 1 atom stereocenters. The summed E-state index contributed by atoms with van der Waals surface area (Å²) in [7, 11) is -4.21. The normalized spacial score (nSPS) is 12.0. The maximum Gasteiger partial charge on any atom is 0.264 e. The molecule has 7 nitrogen and oxygen atoms in total. The monoisotopic (exact) mass is 559 g/mol. The quantitative estimate of drug-likeness (QED) is 0.338. The van der Waals surface area contributed by atoms with Crippen molar-refractivity contribution in [3.8, 4) is 0 Å². The van der Waals surface area contributed by atoms with Crippen LogP contribution in [0.5, 0.6) is 0 Å². The number of rotatable bonds is 12. The zero-order valence-electron chi connectivity index (χ0n) is 21.3. The Kier molecular flexibility index (Phi) is 10.3. The second kappa shape index (κ2) is 13.4. The van der Waals surface area contributed by atoms with Crippen molar-refractivity contribution >= 4 is 39.1 Å². The molecule has 0 bridgehead atoms. The Morgan fingerprint density at radius 3 is 2.18 bits per heavy atom. The summed E-state index contributed by atoms with van der Waals surface area (Å²) < 4.78 is 41.9. The second-order valence-electron chi connectivity index (χ2n) is 8.63. The van der Waals surface area contributed by atoms with Crippen LogP contribution in [0.25, 0.3) is 0 Å². The van der Waals surface area contributed by atoms with E-state index in [1.807, 2.05) is 6.92 Å². The molecule has 0 saturated carbocycles. The van der Waals surface area contributed by atoms with Crippen LogP contribution in [0.1, 0.15) is 32.3 Å². The summed E-state index contributed by atoms with van der Waals surface area (Å²) >= 11 is 6.37. The number of benzene rings is 3. The van der Waals surface area contributed by atoms with Crippen LogP contribution < -0.4 is 9.62 Å². The van der Waals surface area contributed by atoms with Gasteiger partial charge in [-0.3, -0.25) is 13.9 Å². The summed E-state index contributed by atoms with van der Waals surface area (Å²) in [6, 6.07) is 18.6. The number of nitrogens with zero attached hydrogens (tertiary/aromatic N) is 2. The Morgan fingerprint density at radius 2 is 1.58 bits per heavy atom. The van der Waals surface area contributed by atoms with Gasteiger partial charge in [-0.05, 0) is 60.9 Å². The van der Waals surface area contributed by atoms with Gasteiger partial charge in [0.1, 0.15) is 18.4 Å². The Labute approximate surface area is 228 Å². The van der Waals surface area contributed by atoms with Gasteiger partial charge in [-0.15, -0.1) is 0 Å². The number of carbonyl (C=O) groups is 2. The van der Waals surface area contributed by atoms with Crippen LogP contribution in [0.2, 0.25) is 5.02 Å². The molecule has 0 heterocycles. The van der Waals surface area contributed by atoms with Crippen molar-refractivity contribution < 1.29 is 22.4 Å². The van der Waals surface area contributed by atoms with Crippen LogP contribution in [-0.4, -0.2) is 44.3 Å². The number of sulfonamides is 1. The molecule has 0 aliphatic heterocycles. The Balaban J connectivity index is 2.04. The number of halogens is 2. The highest BCUT2D eigenvalue weighted by Gasteiger charge is 2.33. The first-order valence-corrected chi connectivity index (χ1v) is 14.1. The van der Waals surface area contributed by atoms with E-state index in [0.717, 1.165) is 16.4 Å². The Hall–Kier alpha value is -3.43. The fraction of sp³-hybridized carbons (Fsp3) is 0.286. The predicted octanol–water partition coefficient (Wildman–Crippen LogP) is 5.01. The summed E-state index contributed by atoms with van der Waals surface area (Å²) in [4.78, 5) is 28.3. The summed E-state index contributed by atoms with van der Waals surface area (Å²) in [5.41, 5.74) is 0.730. The van der Waals surface area contributed by atoms with Crippen LogP contribution in [0.4, 0.5) is 10.1 Å². The summed E-state index contributed by atoms with van der Waals surface area (Å²) in [5.74, 6) is -1.49. The summed E-state index contributed by atoms with van der Waals surface area (Å²) in [5, 5.41) is 3.25. The molecule has 202 valence electrons. The zero-order valence-corrected chi connectivity index (χ0v) is 22.9. The van der Waals surface area contributed by atoms with Crippen molar-refractivity contribution in [2.24, 2.45) is 0 Å². The smallest absolute Gasteiger partial charge is 0.264 e. The van der Waals surface area contributed by atoms with Gasteiger partial charge in [-0.25, -0.2) is 12.8 Å². The van der Waals surface area contributed by atoms with Crippen molar-refractivity contribution in [1.29, 1.82) is 0 Å². The number of carbonyl (C=O) groups excluding carboxylic acids is 2. The van der Waals surface area contributed by atoms with Gasteiger partial charge in [-0.2, -0.15) is 0 Å². The van der Waals surface area contributed by atoms with Crippen molar-refractivity contribution in [3.05, 3.63) is 95.3 Å². The average Bonchev–Trinajstić information content (AvgIpc) is 2.92. The van der Waals surface area contributed by atoms with Gasteiger partial charge >= 0.3 is 0 Å². The van der Waals surface area contributed by atoms with E-state index >= 15 is 0 Å². The molecule has 3 aromatic rings. The SMILES string of the molecule is CCCNC(=O)C(CC)N(Cc1ccccc1Cl)C(=O)CN(c1ccc(F)cc1)S(=O)(=O)c1ccccc1. The molecular weight excluding hydrogens is 529 g/mol. The van der Waals surface area contributed by atoms with Crippen LogP contribution in [0.15, 0.2) is 83.8 Å². The lowest BCUT2D eigenvalue weighted by Gasteiger charge is -2.33.